The SMILES string of the molecule is CC(c1cccc(Cl)c1)N(C)CCN=[N+]=[N-]. The lowest BCUT2D eigenvalue weighted by molar-refractivity contribution is 0.269. The molecule has 0 aliphatic rings. The molecule has 0 N–H and O–H groups in total. The van der Waals surface area contributed by atoms with Crippen molar-refractivity contribution in [2.75, 3.05) is 20.1 Å². The fraction of sp³-hybridized carbons (Fsp3) is 0.455. The van der Waals surface area contributed by atoms with Gasteiger partial charge in [-0.25, -0.2) is 0 Å². The summed E-state index contributed by atoms with van der Waals surface area (Å²) in [6.45, 7) is 3.32. The predicted octanol–water partition coefficient (Wildman–Crippen LogP) is 3.64. The molecule has 0 heterocycles. The third kappa shape index (κ3) is 3.74. The van der Waals surface area contributed by atoms with Gasteiger partial charge < -0.3 is 0 Å². The monoisotopic (exact) mass is 238 g/mol. The van der Waals surface area contributed by atoms with E-state index in [1.807, 2.05) is 31.3 Å². The second kappa shape index (κ2) is 6.38. The van der Waals surface area contributed by atoms with Gasteiger partial charge in [0.2, 0.25) is 0 Å². The van der Waals surface area contributed by atoms with Crippen molar-refractivity contribution in [2.24, 2.45) is 5.11 Å². The van der Waals surface area contributed by atoms with Crippen LogP contribution in [0.15, 0.2) is 29.4 Å². The molecule has 1 aromatic rings. The number of rotatable bonds is 5. The second-order valence-electron chi connectivity index (χ2n) is 3.67. The highest BCUT2D eigenvalue weighted by Crippen LogP contribution is 2.21. The van der Waals surface area contributed by atoms with Crippen molar-refractivity contribution < 1.29 is 0 Å². The van der Waals surface area contributed by atoms with Crippen LogP contribution in [0.2, 0.25) is 5.02 Å². The van der Waals surface area contributed by atoms with Crippen molar-refractivity contribution >= 4 is 11.6 Å². The van der Waals surface area contributed by atoms with Gasteiger partial charge >= 0.3 is 0 Å². The Morgan fingerprint density at radius 3 is 2.94 bits per heavy atom. The van der Waals surface area contributed by atoms with Crippen molar-refractivity contribution in [1.29, 1.82) is 0 Å². The minimum atomic E-state index is 0.257. The third-order valence-corrected chi connectivity index (χ3v) is 2.84. The molecule has 0 saturated heterocycles. The van der Waals surface area contributed by atoms with Crippen molar-refractivity contribution in [3.05, 3.63) is 45.3 Å². The first kappa shape index (κ1) is 12.8. The molecule has 0 aliphatic carbocycles. The molecule has 4 nitrogen and oxygen atoms in total. The van der Waals surface area contributed by atoms with Crippen LogP contribution in [-0.2, 0) is 0 Å². The lowest BCUT2D eigenvalue weighted by atomic mass is 10.1. The van der Waals surface area contributed by atoms with Crippen LogP contribution >= 0.6 is 11.6 Å². The second-order valence-corrected chi connectivity index (χ2v) is 4.10. The van der Waals surface area contributed by atoms with Gasteiger partial charge in [0, 0.05) is 29.1 Å². The lowest BCUT2D eigenvalue weighted by Gasteiger charge is -2.24. The molecule has 0 amide bonds. The van der Waals surface area contributed by atoms with Crippen LogP contribution in [0.25, 0.3) is 10.4 Å². The summed E-state index contributed by atoms with van der Waals surface area (Å²) in [4.78, 5) is 4.86. The van der Waals surface area contributed by atoms with Gasteiger partial charge in [-0.3, -0.25) is 4.90 Å². The minimum absolute atomic E-state index is 0.257. The zero-order valence-electron chi connectivity index (χ0n) is 9.47. The lowest BCUT2D eigenvalue weighted by Crippen LogP contribution is -2.25. The van der Waals surface area contributed by atoms with Crippen LogP contribution in [0.3, 0.4) is 0 Å². The van der Waals surface area contributed by atoms with E-state index in [0.29, 0.717) is 6.54 Å². The van der Waals surface area contributed by atoms with E-state index >= 15 is 0 Å². The number of halogens is 1. The molecule has 0 bridgehead atoms. The van der Waals surface area contributed by atoms with Crippen LogP contribution in [0.4, 0.5) is 0 Å². The Morgan fingerprint density at radius 1 is 1.56 bits per heavy atom. The summed E-state index contributed by atoms with van der Waals surface area (Å²) in [5, 5.41) is 4.26. The van der Waals surface area contributed by atoms with Gasteiger partial charge in [0.1, 0.15) is 0 Å². The van der Waals surface area contributed by atoms with E-state index < -0.39 is 0 Å². The molecular weight excluding hydrogens is 224 g/mol. The Labute approximate surface area is 100 Å². The van der Waals surface area contributed by atoms with Crippen LogP contribution in [0.5, 0.6) is 0 Å². The van der Waals surface area contributed by atoms with E-state index in [9.17, 15) is 0 Å². The Morgan fingerprint density at radius 2 is 2.31 bits per heavy atom. The fourth-order valence-corrected chi connectivity index (χ4v) is 1.66. The van der Waals surface area contributed by atoms with E-state index in [2.05, 4.69) is 21.8 Å². The Bertz CT molecular complexity index is 387. The molecule has 16 heavy (non-hydrogen) atoms. The smallest absolute Gasteiger partial charge is 0.0409 e. The summed E-state index contributed by atoms with van der Waals surface area (Å²) >= 11 is 5.94. The van der Waals surface area contributed by atoms with Crippen LogP contribution in [0, 0.1) is 0 Å². The first-order chi connectivity index (χ1) is 7.65. The highest BCUT2D eigenvalue weighted by Gasteiger charge is 2.10. The normalized spacial score (nSPS) is 12.2. The summed E-state index contributed by atoms with van der Waals surface area (Å²) in [6, 6.07) is 8.05. The molecule has 1 aromatic carbocycles. The number of hydrogen-bond donors (Lipinski definition) is 0. The van der Waals surface area contributed by atoms with Gasteiger partial charge in [0.05, 0.1) is 0 Å². The number of benzene rings is 1. The van der Waals surface area contributed by atoms with Crippen molar-refractivity contribution in [3.63, 3.8) is 0 Å². The third-order valence-electron chi connectivity index (χ3n) is 2.61. The molecule has 0 fully saturated rings. The maximum Gasteiger partial charge on any atom is 0.0409 e. The summed E-state index contributed by atoms with van der Waals surface area (Å²) in [7, 11) is 2.00. The van der Waals surface area contributed by atoms with Gasteiger partial charge in [-0.15, -0.1) is 0 Å². The standard InChI is InChI=1S/C11H15ClN4/c1-9(16(2)7-6-14-15-13)10-4-3-5-11(12)8-10/h3-5,8-9H,6-7H2,1-2H3. The maximum absolute atomic E-state index is 8.19. The molecule has 1 unspecified atom stereocenters. The molecule has 1 rings (SSSR count). The molecule has 86 valence electrons. The zero-order valence-corrected chi connectivity index (χ0v) is 10.2. The van der Waals surface area contributed by atoms with Gasteiger partial charge in [-0.05, 0) is 37.2 Å². The van der Waals surface area contributed by atoms with Gasteiger partial charge in [0.15, 0.2) is 0 Å². The maximum atomic E-state index is 8.19. The average molecular weight is 239 g/mol. The van der Waals surface area contributed by atoms with Crippen molar-refractivity contribution in [3.8, 4) is 0 Å². The summed E-state index contributed by atoms with van der Waals surface area (Å²) in [5.41, 5.74) is 9.36. The van der Waals surface area contributed by atoms with E-state index in [4.69, 9.17) is 17.1 Å². The first-order valence-electron chi connectivity index (χ1n) is 5.11. The molecule has 0 spiro atoms. The average Bonchev–Trinajstić information content (AvgIpc) is 2.28. The van der Waals surface area contributed by atoms with E-state index in [-0.39, 0.29) is 6.04 Å². The Hall–Kier alpha value is -1.22. The predicted molar refractivity (Wildman–Crippen MR) is 66.5 cm³/mol. The van der Waals surface area contributed by atoms with E-state index in [1.165, 1.54) is 0 Å². The summed E-state index contributed by atoms with van der Waals surface area (Å²) in [6.07, 6.45) is 0. The van der Waals surface area contributed by atoms with Crippen LogP contribution in [-0.4, -0.2) is 25.0 Å². The van der Waals surface area contributed by atoms with Gasteiger partial charge in [-0.1, -0.05) is 28.8 Å². The highest BCUT2D eigenvalue weighted by molar-refractivity contribution is 6.30. The Kier molecular flexibility index (Phi) is 5.12. The highest BCUT2D eigenvalue weighted by atomic mass is 35.5. The molecule has 0 aromatic heterocycles. The molecule has 0 radical (unpaired) electrons. The quantitative estimate of drug-likeness (QED) is 0.439. The molecule has 1 atom stereocenters. The largest absolute Gasteiger partial charge is 0.300 e. The number of hydrogen-bond acceptors (Lipinski definition) is 2. The van der Waals surface area contributed by atoms with Crippen LogP contribution < -0.4 is 0 Å². The van der Waals surface area contributed by atoms with Gasteiger partial charge in [0.25, 0.3) is 0 Å². The zero-order chi connectivity index (χ0) is 12.0. The molecule has 5 heteroatoms. The number of nitrogens with zero attached hydrogens (tertiary/aromatic N) is 4. The minimum Gasteiger partial charge on any atom is -0.300 e. The molecular formula is C11H15ClN4. The number of azide groups is 1. The molecule has 0 aliphatic heterocycles. The Balaban J connectivity index is 2.62. The first-order valence-corrected chi connectivity index (χ1v) is 5.49. The summed E-state index contributed by atoms with van der Waals surface area (Å²) in [5.74, 6) is 0. The van der Waals surface area contributed by atoms with E-state index in [0.717, 1.165) is 17.1 Å². The van der Waals surface area contributed by atoms with Crippen molar-refractivity contribution in [2.45, 2.75) is 13.0 Å². The van der Waals surface area contributed by atoms with Gasteiger partial charge in [-0.2, -0.15) is 0 Å². The summed E-state index contributed by atoms with van der Waals surface area (Å²) < 4.78 is 0. The van der Waals surface area contributed by atoms with E-state index in [1.54, 1.807) is 0 Å². The molecule has 0 saturated carbocycles. The fourth-order valence-electron chi connectivity index (χ4n) is 1.46. The number of likely N-dealkylation sites (N-methyl/N-ethyl adjacent to an activating group) is 1. The topological polar surface area (TPSA) is 52.0 Å². The van der Waals surface area contributed by atoms with Crippen LogP contribution in [0.1, 0.15) is 18.5 Å². The van der Waals surface area contributed by atoms with Crippen molar-refractivity contribution in [1.82, 2.24) is 4.90 Å².